The van der Waals surface area contributed by atoms with Gasteiger partial charge in [0.05, 0.1) is 17.6 Å². The predicted octanol–water partition coefficient (Wildman–Crippen LogP) is 3.59. The van der Waals surface area contributed by atoms with Gasteiger partial charge in [0.2, 0.25) is 0 Å². The molecule has 1 N–H and O–H groups in total. The van der Waals surface area contributed by atoms with Crippen LogP contribution in [0.5, 0.6) is 0 Å². The Hall–Kier alpha value is -3.86. The lowest BCUT2D eigenvalue weighted by Gasteiger charge is -2.09. The van der Waals surface area contributed by atoms with Gasteiger partial charge in [-0.3, -0.25) is 14.5 Å². The number of thiazole rings is 1. The van der Waals surface area contributed by atoms with Gasteiger partial charge >= 0.3 is 6.09 Å². The quantitative estimate of drug-likeness (QED) is 0.495. The minimum absolute atomic E-state index is 0.252. The van der Waals surface area contributed by atoms with Crippen molar-refractivity contribution in [1.29, 1.82) is 0 Å². The fraction of sp³-hybridized carbons (Fsp3) is 0.238. The molecule has 0 spiro atoms. The fourth-order valence-electron chi connectivity index (χ4n) is 3.04. The largest absolute Gasteiger partial charge is 0.442 e. The monoisotopic (exact) mass is 449 g/mol. The number of aryl methyl sites for hydroxylation is 1. The van der Waals surface area contributed by atoms with E-state index in [1.54, 1.807) is 35.7 Å². The molecule has 1 aliphatic carbocycles. The zero-order valence-electron chi connectivity index (χ0n) is 17.3. The molecule has 10 nitrogen and oxygen atoms in total. The van der Waals surface area contributed by atoms with Gasteiger partial charge in [0.15, 0.2) is 0 Å². The maximum atomic E-state index is 12.8. The number of pyridine rings is 1. The number of hydrogen-bond acceptors (Lipinski definition) is 8. The summed E-state index contributed by atoms with van der Waals surface area (Å²) in [6.45, 7) is 1.89. The number of amides is 1. The molecule has 32 heavy (non-hydrogen) atoms. The molecule has 0 aliphatic heterocycles. The second-order valence-electron chi connectivity index (χ2n) is 7.76. The summed E-state index contributed by atoms with van der Waals surface area (Å²) in [6.07, 6.45) is 7.65. The molecule has 4 aromatic rings. The molecule has 1 aliphatic rings. The normalized spacial score (nSPS) is 14.2. The van der Waals surface area contributed by atoms with Gasteiger partial charge in [-0.2, -0.15) is 14.9 Å². The van der Waals surface area contributed by atoms with Gasteiger partial charge < -0.3 is 10.1 Å². The summed E-state index contributed by atoms with van der Waals surface area (Å²) < 4.78 is 8.17. The van der Waals surface area contributed by atoms with Crippen LogP contribution in [0.4, 0.5) is 10.5 Å². The van der Waals surface area contributed by atoms with Gasteiger partial charge in [-0.25, -0.2) is 9.78 Å². The van der Waals surface area contributed by atoms with Gasteiger partial charge in [-0.1, -0.05) is 6.07 Å². The average molecular weight is 449 g/mol. The van der Waals surface area contributed by atoms with Crippen LogP contribution in [0.1, 0.15) is 30.3 Å². The maximum Gasteiger partial charge on any atom is 0.435 e. The number of ether oxygens (including phenoxy) is 1. The third-order valence-electron chi connectivity index (χ3n) is 5.03. The van der Waals surface area contributed by atoms with E-state index in [1.165, 1.54) is 17.5 Å². The summed E-state index contributed by atoms with van der Waals surface area (Å²) in [6, 6.07) is 5.50. The van der Waals surface area contributed by atoms with Gasteiger partial charge in [-0.15, -0.1) is 11.3 Å². The highest BCUT2D eigenvalue weighted by molar-refractivity contribution is 7.13. The van der Waals surface area contributed by atoms with Crippen LogP contribution in [0.2, 0.25) is 0 Å². The first-order valence-electron chi connectivity index (χ1n) is 9.90. The van der Waals surface area contributed by atoms with Gasteiger partial charge in [0.1, 0.15) is 22.0 Å². The Balaban J connectivity index is 1.32. The Morgan fingerprint density at radius 1 is 1.25 bits per heavy atom. The molecule has 0 saturated heterocycles. The lowest BCUT2D eigenvalue weighted by Crippen LogP contribution is -2.21. The highest BCUT2D eigenvalue weighted by Gasteiger charge is 2.42. The van der Waals surface area contributed by atoms with Crippen molar-refractivity contribution in [2.24, 2.45) is 7.05 Å². The van der Waals surface area contributed by atoms with Crippen molar-refractivity contribution in [3.05, 3.63) is 54.1 Å². The molecule has 1 saturated carbocycles. The van der Waals surface area contributed by atoms with Gasteiger partial charge in [0, 0.05) is 36.6 Å². The van der Waals surface area contributed by atoms with E-state index in [4.69, 9.17) is 4.74 Å². The molecule has 0 bridgehead atoms. The van der Waals surface area contributed by atoms with Crippen molar-refractivity contribution >= 4 is 29.0 Å². The molecular weight excluding hydrogens is 430 g/mol. The number of nitrogens with zero attached hydrogens (tertiary/aromatic N) is 6. The number of nitrogens with one attached hydrogen (secondary N) is 1. The van der Waals surface area contributed by atoms with Gasteiger partial charge in [-0.05, 0) is 31.9 Å². The van der Waals surface area contributed by atoms with E-state index in [1.807, 2.05) is 25.1 Å². The van der Waals surface area contributed by atoms with E-state index in [9.17, 15) is 9.59 Å². The number of rotatable bonds is 5. The number of anilines is 1. The van der Waals surface area contributed by atoms with E-state index in [2.05, 4.69) is 25.5 Å². The first-order valence-corrected chi connectivity index (χ1v) is 10.8. The van der Waals surface area contributed by atoms with E-state index >= 15 is 0 Å². The first-order chi connectivity index (χ1) is 15.4. The van der Waals surface area contributed by atoms with Crippen LogP contribution < -0.4 is 5.32 Å². The van der Waals surface area contributed by atoms with Crippen LogP contribution in [0, 0.1) is 0 Å². The van der Waals surface area contributed by atoms with Crippen LogP contribution in [0.15, 0.2) is 48.4 Å². The Bertz CT molecular complexity index is 1300. The molecule has 1 amide bonds. The second kappa shape index (κ2) is 7.68. The minimum Gasteiger partial charge on any atom is -0.442 e. The average Bonchev–Trinajstić information content (AvgIpc) is 3.21. The molecule has 0 aromatic carbocycles. The molecule has 4 heterocycles. The Kier molecular flexibility index (Phi) is 4.82. The maximum absolute atomic E-state index is 12.8. The molecule has 5 rings (SSSR count). The van der Waals surface area contributed by atoms with E-state index in [0.717, 1.165) is 17.5 Å². The molecule has 162 valence electrons. The standard InChI is InChI=1S/C21H19N7O3S/c1-21(6-7-21)31-20(30)28-10-13(9-23-28)19-25-16(12-32-19)18(29)24-15-11-27(2)26-17(15)14-5-3-4-8-22-14/h3-5,8-12H,6-7H2,1-2H3,(H,24,29). The van der Waals surface area contributed by atoms with Crippen molar-refractivity contribution in [1.82, 2.24) is 29.5 Å². The Labute approximate surface area is 186 Å². The predicted molar refractivity (Wildman–Crippen MR) is 117 cm³/mol. The lowest BCUT2D eigenvalue weighted by atomic mass is 10.2. The van der Waals surface area contributed by atoms with E-state index in [-0.39, 0.29) is 17.2 Å². The molecule has 4 aromatic heterocycles. The summed E-state index contributed by atoms with van der Waals surface area (Å²) in [5.74, 6) is -0.369. The summed E-state index contributed by atoms with van der Waals surface area (Å²) in [7, 11) is 1.77. The highest BCUT2D eigenvalue weighted by Crippen LogP contribution is 2.39. The lowest BCUT2D eigenvalue weighted by molar-refractivity contribution is 0.0918. The van der Waals surface area contributed by atoms with Crippen LogP contribution in [-0.4, -0.2) is 47.1 Å². The van der Waals surface area contributed by atoms with Crippen LogP contribution in [0.3, 0.4) is 0 Å². The number of carbonyl (C=O) groups excluding carboxylic acids is 2. The molecule has 0 unspecified atom stereocenters. The second-order valence-corrected chi connectivity index (χ2v) is 8.62. The topological polar surface area (TPSA) is 117 Å². The van der Waals surface area contributed by atoms with Crippen LogP contribution in [0.25, 0.3) is 22.0 Å². The van der Waals surface area contributed by atoms with Crippen molar-refractivity contribution in [2.75, 3.05) is 5.32 Å². The summed E-state index contributed by atoms with van der Waals surface area (Å²) in [5, 5.41) is 13.5. The SMILES string of the molecule is Cn1cc(NC(=O)c2csc(-c3cnn(C(=O)OC4(C)CC4)c3)n2)c(-c2ccccn2)n1. The third kappa shape index (κ3) is 4.02. The Morgan fingerprint density at radius 3 is 2.84 bits per heavy atom. The van der Waals surface area contributed by atoms with Crippen LogP contribution >= 0.6 is 11.3 Å². The van der Waals surface area contributed by atoms with Crippen molar-refractivity contribution in [3.8, 4) is 22.0 Å². The van der Waals surface area contributed by atoms with E-state index < -0.39 is 6.09 Å². The number of aromatic nitrogens is 6. The van der Waals surface area contributed by atoms with Crippen molar-refractivity contribution in [2.45, 2.75) is 25.4 Å². The summed E-state index contributed by atoms with van der Waals surface area (Å²) in [4.78, 5) is 33.7. The zero-order chi connectivity index (χ0) is 22.3. The molecule has 0 atom stereocenters. The molecule has 1 fully saturated rings. The number of carbonyl (C=O) groups is 2. The highest BCUT2D eigenvalue weighted by atomic mass is 32.1. The third-order valence-corrected chi connectivity index (χ3v) is 5.92. The smallest absolute Gasteiger partial charge is 0.435 e. The summed E-state index contributed by atoms with van der Waals surface area (Å²) in [5.41, 5.74) is 2.26. The molecule has 11 heteroatoms. The molecule has 0 radical (unpaired) electrons. The van der Waals surface area contributed by atoms with E-state index in [0.29, 0.717) is 27.6 Å². The minimum atomic E-state index is -0.524. The Morgan fingerprint density at radius 2 is 2.09 bits per heavy atom. The molecular formula is C21H19N7O3S. The first kappa shape index (κ1) is 20.1. The zero-order valence-corrected chi connectivity index (χ0v) is 18.2. The summed E-state index contributed by atoms with van der Waals surface area (Å²) >= 11 is 1.29. The van der Waals surface area contributed by atoms with Crippen molar-refractivity contribution in [3.63, 3.8) is 0 Å². The van der Waals surface area contributed by atoms with Crippen LogP contribution in [-0.2, 0) is 11.8 Å². The van der Waals surface area contributed by atoms with Gasteiger partial charge in [0.25, 0.3) is 5.91 Å². The van der Waals surface area contributed by atoms with Crippen molar-refractivity contribution < 1.29 is 14.3 Å². The fourth-order valence-corrected chi connectivity index (χ4v) is 3.81. The number of hydrogen-bond donors (Lipinski definition) is 1.